The molecule has 3 N–H and O–H groups in total. The second-order valence-corrected chi connectivity index (χ2v) is 4.78. The summed E-state index contributed by atoms with van der Waals surface area (Å²) in [5.74, 6) is -0.374. The Hall–Kier alpha value is -2.57. The van der Waals surface area contributed by atoms with Crippen LogP contribution >= 0.6 is 0 Å². The van der Waals surface area contributed by atoms with Gasteiger partial charge >= 0.3 is 6.03 Å². The van der Waals surface area contributed by atoms with Crippen molar-refractivity contribution in [3.63, 3.8) is 0 Å². The lowest BCUT2D eigenvalue weighted by Gasteiger charge is -2.21. The maximum absolute atomic E-state index is 12.1. The summed E-state index contributed by atoms with van der Waals surface area (Å²) >= 11 is 0. The topological polar surface area (TPSA) is 98.7 Å². The number of nitrogens with zero attached hydrogens (tertiary/aromatic N) is 1. The minimum atomic E-state index is -1.10. The number of carbonyl (C=O) groups is 3. The van der Waals surface area contributed by atoms with E-state index in [0.29, 0.717) is 23.4 Å². The molecule has 0 saturated carbocycles. The molecule has 4 amide bonds. The van der Waals surface area contributed by atoms with Crippen molar-refractivity contribution in [2.75, 3.05) is 0 Å². The van der Waals surface area contributed by atoms with Gasteiger partial charge in [0.05, 0.1) is 0 Å². The highest BCUT2D eigenvalue weighted by molar-refractivity contribution is 6.06. The predicted molar refractivity (Wildman–Crippen MR) is 69.4 cm³/mol. The summed E-state index contributed by atoms with van der Waals surface area (Å²) in [5, 5.41) is 12.9. The third-order valence-corrected chi connectivity index (χ3v) is 3.33. The molecule has 1 unspecified atom stereocenters. The molecular formula is C13H15N3O4. The molecule has 7 heteroatoms. The number of rotatable bonds is 5. The van der Waals surface area contributed by atoms with Crippen molar-refractivity contribution in [2.24, 2.45) is 0 Å². The Morgan fingerprint density at radius 1 is 1.40 bits per heavy atom. The molecule has 1 atom stereocenters. The van der Waals surface area contributed by atoms with Gasteiger partial charge in [0.25, 0.3) is 5.91 Å². The van der Waals surface area contributed by atoms with Gasteiger partial charge < -0.3 is 10.4 Å². The first-order chi connectivity index (χ1) is 9.48. The van der Waals surface area contributed by atoms with Gasteiger partial charge in [-0.3, -0.25) is 15.0 Å². The predicted octanol–water partition coefficient (Wildman–Crippen LogP) is 0.296. The van der Waals surface area contributed by atoms with Crippen LogP contribution < -0.4 is 10.7 Å². The first-order valence-electron chi connectivity index (χ1n) is 6.11. The molecule has 1 aliphatic heterocycles. The van der Waals surface area contributed by atoms with Gasteiger partial charge in [-0.1, -0.05) is 18.2 Å². The summed E-state index contributed by atoms with van der Waals surface area (Å²) in [4.78, 5) is 34.1. The van der Waals surface area contributed by atoms with Crippen molar-refractivity contribution in [1.82, 2.24) is 15.8 Å². The van der Waals surface area contributed by atoms with Crippen LogP contribution in [0.3, 0.4) is 0 Å². The molecule has 0 spiro atoms. The second kappa shape index (κ2) is 5.20. The van der Waals surface area contributed by atoms with E-state index in [2.05, 4.69) is 10.7 Å². The Morgan fingerprint density at radius 2 is 2.10 bits per heavy atom. The Balaban J connectivity index is 2.09. The number of hydrogen-bond acceptors (Lipinski definition) is 4. The average molecular weight is 277 g/mol. The van der Waals surface area contributed by atoms with Gasteiger partial charge in [-0.15, -0.1) is 0 Å². The summed E-state index contributed by atoms with van der Waals surface area (Å²) in [5.41, 5.74) is 1.64. The van der Waals surface area contributed by atoms with Crippen LogP contribution in [0.4, 0.5) is 4.79 Å². The van der Waals surface area contributed by atoms with Crippen molar-refractivity contribution >= 4 is 18.3 Å². The molecule has 1 aromatic carbocycles. The number of nitrogens with one attached hydrogen (secondary N) is 2. The van der Waals surface area contributed by atoms with E-state index in [0.717, 1.165) is 0 Å². The van der Waals surface area contributed by atoms with Crippen molar-refractivity contribution in [3.8, 4) is 5.75 Å². The van der Waals surface area contributed by atoms with E-state index in [1.807, 2.05) is 0 Å². The molecule has 0 bridgehead atoms. The number of urea groups is 1. The lowest BCUT2D eigenvalue weighted by molar-refractivity contribution is -0.135. The maximum atomic E-state index is 12.1. The number of aromatic hydroxyl groups is 1. The van der Waals surface area contributed by atoms with Crippen LogP contribution in [-0.4, -0.2) is 34.0 Å². The van der Waals surface area contributed by atoms with E-state index in [9.17, 15) is 19.5 Å². The highest BCUT2D eigenvalue weighted by Crippen LogP contribution is 2.25. The Morgan fingerprint density at radius 3 is 2.75 bits per heavy atom. The third-order valence-electron chi connectivity index (χ3n) is 3.33. The molecule has 1 saturated heterocycles. The van der Waals surface area contributed by atoms with Crippen LogP contribution in [0.2, 0.25) is 0 Å². The van der Waals surface area contributed by atoms with Gasteiger partial charge in [-0.2, -0.15) is 5.01 Å². The fourth-order valence-corrected chi connectivity index (χ4v) is 2.13. The van der Waals surface area contributed by atoms with E-state index in [-0.39, 0.29) is 12.2 Å². The molecule has 20 heavy (non-hydrogen) atoms. The molecule has 1 heterocycles. The molecule has 0 radical (unpaired) electrons. The largest absolute Gasteiger partial charge is 0.508 e. The van der Waals surface area contributed by atoms with Crippen molar-refractivity contribution in [1.29, 1.82) is 0 Å². The minimum Gasteiger partial charge on any atom is -0.508 e. The minimum absolute atomic E-state index is 0.149. The Bertz CT molecular complexity index is 560. The number of phenolic OH excluding ortho intramolecular Hbond substituents is 1. The molecule has 1 aromatic rings. The number of phenols is 1. The standard InChI is InChI=1S/C13H15N3O4/c1-13(7-6-9-4-2-3-5-10(9)18)11(19)16(14-8-17)12(20)15-13/h2-5,8,18H,6-7H2,1H3,(H,14,17)(H,15,20). The molecule has 2 rings (SSSR count). The quantitative estimate of drug-likeness (QED) is 0.532. The van der Waals surface area contributed by atoms with E-state index in [4.69, 9.17) is 0 Å². The van der Waals surface area contributed by atoms with Gasteiger partial charge in [0.15, 0.2) is 0 Å². The van der Waals surface area contributed by atoms with Crippen LogP contribution in [-0.2, 0) is 16.0 Å². The number of hydrogen-bond donors (Lipinski definition) is 3. The summed E-state index contributed by atoms with van der Waals surface area (Å²) < 4.78 is 0. The third kappa shape index (κ3) is 2.42. The summed E-state index contributed by atoms with van der Waals surface area (Å²) in [6.45, 7) is 1.58. The number of hydrazine groups is 1. The van der Waals surface area contributed by atoms with Crippen molar-refractivity contribution in [2.45, 2.75) is 25.3 Å². The first kappa shape index (κ1) is 13.9. The highest BCUT2D eigenvalue weighted by Gasteiger charge is 2.47. The van der Waals surface area contributed by atoms with Gasteiger partial charge in [-0.05, 0) is 31.4 Å². The molecule has 1 aliphatic rings. The summed E-state index contributed by atoms with van der Waals surface area (Å²) in [6, 6.07) is 6.14. The second-order valence-electron chi connectivity index (χ2n) is 4.78. The van der Waals surface area contributed by atoms with E-state index >= 15 is 0 Å². The van der Waals surface area contributed by atoms with E-state index in [1.165, 1.54) is 0 Å². The fourth-order valence-electron chi connectivity index (χ4n) is 2.13. The van der Waals surface area contributed by atoms with Crippen LogP contribution in [0.15, 0.2) is 24.3 Å². The van der Waals surface area contributed by atoms with Crippen LogP contribution in [0, 0.1) is 0 Å². The Labute approximate surface area is 115 Å². The van der Waals surface area contributed by atoms with Crippen LogP contribution in [0.25, 0.3) is 0 Å². The zero-order valence-corrected chi connectivity index (χ0v) is 10.9. The fraction of sp³-hybridized carbons (Fsp3) is 0.308. The molecule has 1 fully saturated rings. The number of para-hydroxylation sites is 1. The zero-order valence-electron chi connectivity index (χ0n) is 10.9. The number of carbonyl (C=O) groups excluding carboxylic acids is 3. The first-order valence-corrected chi connectivity index (χ1v) is 6.11. The van der Waals surface area contributed by atoms with Gasteiger partial charge in [-0.25, -0.2) is 4.79 Å². The smallest absolute Gasteiger partial charge is 0.344 e. The number of imide groups is 1. The molecular weight excluding hydrogens is 262 g/mol. The maximum Gasteiger partial charge on any atom is 0.344 e. The Kier molecular flexibility index (Phi) is 3.60. The lowest BCUT2D eigenvalue weighted by Crippen LogP contribution is -2.46. The molecule has 0 aliphatic carbocycles. The summed E-state index contributed by atoms with van der Waals surface area (Å²) in [7, 11) is 0. The molecule has 0 aromatic heterocycles. The number of benzene rings is 1. The monoisotopic (exact) mass is 277 g/mol. The van der Waals surface area contributed by atoms with Crippen LogP contribution in [0.1, 0.15) is 18.9 Å². The van der Waals surface area contributed by atoms with E-state index < -0.39 is 17.5 Å². The van der Waals surface area contributed by atoms with Crippen LogP contribution in [0.5, 0.6) is 5.75 Å². The normalized spacial score (nSPS) is 21.8. The number of amides is 4. The van der Waals surface area contributed by atoms with Crippen molar-refractivity contribution in [3.05, 3.63) is 29.8 Å². The van der Waals surface area contributed by atoms with E-state index in [1.54, 1.807) is 31.2 Å². The van der Waals surface area contributed by atoms with Crippen molar-refractivity contribution < 1.29 is 19.5 Å². The number of aryl methyl sites for hydroxylation is 1. The summed E-state index contributed by atoms with van der Waals surface area (Å²) in [6.07, 6.45) is 1.00. The van der Waals surface area contributed by atoms with Gasteiger partial charge in [0.2, 0.25) is 6.41 Å². The average Bonchev–Trinajstić information content (AvgIpc) is 2.62. The lowest BCUT2D eigenvalue weighted by atomic mass is 9.93. The SMILES string of the molecule is CC1(CCc2ccccc2O)NC(=O)N(NC=O)C1=O. The van der Waals surface area contributed by atoms with Gasteiger partial charge in [0, 0.05) is 0 Å². The molecule has 7 nitrogen and oxygen atoms in total. The zero-order chi connectivity index (χ0) is 14.8. The van der Waals surface area contributed by atoms with Gasteiger partial charge in [0.1, 0.15) is 11.3 Å². The molecule has 106 valence electrons. The highest BCUT2D eigenvalue weighted by atomic mass is 16.3.